The van der Waals surface area contributed by atoms with Crippen molar-refractivity contribution in [3.8, 4) is 0 Å². The summed E-state index contributed by atoms with van der Waals surface area (Å²) < 4.78 is 0. The maximum absolute atomic E-state index is 6.03. The third-order valence-corrected chi connectivity index (χ3v) is 4.61. The van der Waals surface area contributed by atoms with Crippen LogP contribution in [0.15, 0.2) is 48.7 Å². The molecule has 1 heterocycles. The summed E-state index contributed by atoms with van der Waals surface area (Å²) >= 11 is 0. The van der Waals surface area contributed by atoms with E-state index in [9.17, 15) is 0 Å². The molecule has 1 saturated carbocycles. The third kappa shape index (κ3) is 2.79. The predicted octanol–water partition coefficient (Wildman–Crippen LogP) is 2.92. The lowest BCUT2D eigenvalue weighted by Crippen LogP contribution is -2.42. The zero-order valence-electron chi connectivity index (χ0n) is 12.5. The number of nitrogen functional groups attached to an aromatic ring is 1. The number of hydrogen-bond acceptors (Lipinski definition) is 3. The summed E-state index contributed by atoms with van der Waals surface area (Å²) in [5.74, 6) is 0.657. The summed E-state index contributed by atoms with van der Waals surface area (Å²) in [6, 6.07) is 15.3. The Balaban J connectivity index is 1.87. The van der Waals surface area contributed by atoms with E-state index in [0.29, 0.717) is 11.9 Å². The van der Waals surface area contributed by atoms with E-state index in [2.05, 4.69) is 53.6 Å². The number of likely N-dealkylation sites (N-methyl/N-ethyl adjacent to an activating group) is 1. The smallest absolute Gasteiger partial charge is 0.126 e. The average molecular weight is 281 g/mol. The van der Waals surface area contributed by atoms with E-state index in [1.165, 1.54) is 18.4 Å². The summed E-state index contributed by atoms with van der Waals surface area (Å²) in [6.07, 6.45) is 5.18. The molecule has 0 amide bonds. The van der Waals surface area contributed by atoms with Gasteiger partial charge in [-0.15, -0.1) is 0 Å². The molecule has 1 aromatic heterocycles. The molecule has 3 heteroatoms. The summed E-state index contributed by atoms with van der Waals surface area (Å²) in [4.78, 5) is 4.22. The van der Waals surface area contributed by atoms with Gasteiger partial charge in [-0.2, -0.15) is 0 Å². The first-order valence-electron chi connectivity index (χ1n) is 7.74. The molecule has 0 bridgehead atoms. The standard InChI is InChI=1S/C18H23N3/c1-2-20-16(13-14-7-6-12-21-17(14)19)18(10-11-18)15-8-4-3-5-9-15/h3-9,12,16,20H,2,10-11,13H2,1H3,(H2,19,21). The third-order valence-electron chi connectivity index (χ3n) is 4.61. The summed E-state index contributed by atoms with van der Waals surface area (Å²) in [7, 11) is 0. The molecule has 2 aromatic rings. The molecule has 1 aliphatic carbocycles. The highest BCUT2D eigenvalue weighted by molar-refractivity contribution is 5.41. The zero-order valence-corrected chi connectivity index (χ0v) is 12.5. The van der Waals surface area contributed by atoms with Gasteiger partial charge in [0.05, 0.1) is 0 Å². The average Bonchev–Trinajstić information content (AvgIpc) is 3.32. The minimum absolute atomic E-state index is 0.263. The fourth-order valence-corrected chi connectivity index (χ4v) is 3.30. The first kappa shape index (κ1) is 14.1. The van der Waals surface area contributed by atoms with Crippen molar-refractivity contribution >= 4 is 5.82 Å². The van der Waals surface area contributed by atoms with Crippen molar-refractivity contribution in [2.75, 3.05) is 12.3 Å². The Labute approximate surface area is 126 Å². The number of benzene rings is 1. The van der Waals surface area contributed by atoms with Crippen LogP contribution in [0.2, 0.25) is 0 Å². The highest BCUT2D eigenvalue weighted by Crippen LogP contribution is 2.51. The topological polar surface area (TPSA) is 50.9 Å². The molecule has 3 N–H and O–H groups in total. The Morgan fingerprint density at radius 2 is 1.95 bits per heavy atom. The van der Waals surface area contributed by atoms with Gasteiger partial charge in [0.2, 0.25) is 0 Å². The van der Waals surface area contributed by atoms with Crippen LogP contribution in [0.5, 0.6) is 0 Å². The summed E-state index contributed by atoms with van der Waals surface area (Å²) in [5, 5.41) is 3.68. The maximum atomic E-state index is 6.03. The minimum Gasteiger partial charge on any atom is -0.383 e. The number of nitrogens with zero attached hydrogens (tertiary/aromatic N) is 1. The number of aromatic nitrogens is 1. The van der Waals surface area contributed by atoms with Gasteiger partial charge in [-0.3, -0.25) is 0 Å². The fourth-order valence-electron chi connectivity index (χ4n) is 3.30. The first-order valence-corrected chi connectivity index (χ1v) is 7.74. The Bertz CT molecular complexity index is 590. The molecule has 3 nitrogen and oxygen atoms in total. The van der Waals surface area contributed by atoms with Crippen LogP contribution in [0.4, 0.5) is 5.82 Å². The largest absolute Gasteiger partial charge is 0.383 e. The van der Waals surface area contributed by atoms with E-state index in [0.717, 1.165) is 18.5 Å². The maximum Gasteiger partial charge on any atom is 0.126 e. The Morgan fingerprint density at radius 1 is 1.19 bits per heavy atom. The van der Waals surface area contributed by atoms with Gasteiger partial charge in [-0.1, -0.05) is 43.3 Å². The van der Waals surface area contributed by atoms with E-state index < -0.39 is 0 Å². The van der Waals surface area contributed by atoms with Crippen LogP contribution in [0.25, 0.3) is 0 Å². The number of nitrogens with two attached hydrogens (primary N) is 1. The first-order chi connectivity index (χ1) is 10.3. The van der Waals surface area contributed by atoms with Crippen LogP contribution in [-0.4, -0.2) is 17.6 Å². The van der Waals surface area contributed by atoms with Gasteiger partial charge in [-0.05, 0) is 43.0 Å². The second kappa shape index (κ2) is 5.86. The van der Waals surface area contributed by atoms with E-state index in [1.807, 2.05) is 6.07 Å². The molecule has 0 aliphatic heterocycles. The molecule has 1 unspecified atom stereocenters. The van der Waals surface area contributed by atoms with Crippen LogP contribution in [0.3, 0.4) is 0 Å². The van der Waals surface area contributed by atoms with Gasteiger partial charge in [0.1, 0.15) is 5.82 Å². The number of rotatable bonds is 6. The monoisotopic (exact) mass is 281 g/mol. The summed E-state index contributed by atoms with van der Waals surface area (Å²) in [6.45, 7) is 3.14. The lowest BCUT2D eigenvalue weighted by atomic mass is 9.84. The van der Waals surface area contributed by atoms with E-state index >= 15 is 0 Å². The van der Waals surface area contributed by atoms with Crippen LogP contribution in [-0.2, 0) is 11.8 Å². The number of pyridine rings is 1. The van der Waals surface area contributed by atoms with Crippen molar-refractivity contribution in [2.45, 2.75) is 37.6 Å². The molecule has 0 saturated heterocycles. The highest BCUT2D eigenvalue weighted by atomic mass is 14.9. The van der Waals surface area contributed by atoms with E-state index in [4.69, 9.17) is 5.73 Å². The fraction of sp³-hybridized carbons (Fsp3) is 0.389. The second-order valence-corrected chi connectivity index (χ2v) is 5.88. The van der Waals surface area contributed by atoms with Gasteiger partial charge in [-0.25, -0.2) is 4.98 Å². The molecule has 21 heavy (non-hydrogen) atoms. The van der Waals surface area contributed by atoms with Gasteiger partial charge in [0.25, 0.3) is 0 Å². The van der Waals surface area contributed by atoms with Crippen molar-refractivity contribution < 1.29 is 0 Å². The van der Waals surface area contributed by atoms with Crippen LogP contribution < -0.4 is 11.1 Å². The minimum atomic E-state index is 0.263. The van der Waals surface area contributed by atoms with E-state index in [-0.39, 0.29) is 5.41 Å². The van der Waals surface area contributed by atoms with Crippen molar-refractivity contribution in [2.24, 2.45) is 0 Å². The van der Waals surface area contributed by atoms with Crippen molar-refractivity contribution in [1.82, 2.24) is 10.3 Å². The molecule has 110 valence electrons. The van der Waals surface area contributed by atoms with Gasteiger partial charge in [0.15, 0.2) is 0 Å². The normalized spacial score (nSPS) is 17.4. The number of nitrogens with one attached hydrogen (secondary N) is 1. The number of hydrogen-bond donors (Lipinski definition) is 2. The lowest BCUT2D eigenvalue weighted by molar-refractivity contribution is 0.421. The Kier molecular flexibility index (Phi) is 3.93. The lowest BCUT2D eigenvalue weighted by Gasteiger charge is -2.29. The molecule has 0 radical (unpaired) electrons. The van der Waals surface area contributed by atoms with Gasteiger partial charge in [0, 0.05) is 17.7 Å². The van der Waals surface area contributed by atoms with Crippen molar-refractivity contribution in [3.63, 3.8) is 0 Å². The van der Waals surface area contributed by atoms with Crippen LogP contribution in [0, 0.1) is 0 Å². The Hall–Kier alpha value is -1.87. The van der Waals surface area contributed by atoms with Crippen molar-refractivity contribution in [3.05, 3.63) is 59.8 Å². The SMILES string of the molecule is CCNC(Cc1cccnc1N)C1(c2ccccc2)CC1. The quantitative estimate of drug-likeness (QED) is 0.856. The second-order valence-electron chi connectivity index (χ2n) is 5.88. The highest BCUT2D eigenvalue weighted by Gasteiger charge is 2.50. The van der Waals surface area contributed by atoms with E-state index in [1.54, 1.807) is 6.20 Å². The summed E-state index contributed by atoms with van der Waals surface area (Å²) in [5.41, 5.74) is 8.88. The molecule has 0 spiro atoms. The molecular formula is C18H23N3. The molecule has 1 atom stereocenters. The molecule has 3 rings (SSSR count). The molecule has 1 aliphatic rings. The van der Waals surface area contributed by atoms with Crippen LogP contribution >= 0.6 is 0 Å². The number of anilines is 1. The molecular weight excluding hydrogens is 258 g/mol. The molecule has 1 fully saturated rings. The van der Waals surface area contributed by atoms with Gasteiger partial charge >= 0.3 is 0 Å². The zero-order chi connectivity index (χ0) is 14.7. The van der Waals surface area contributed by atoms with Crippen LogP contribution in [0.1, 0.15) is 30.9 Å². The molecule has 1 aromatic carbocycles. The Morgan fingerprint density at radius 3 is 2.57 bits per heavy atom. The van der Waals surface area contributed by atoms with Gasteiger partial charge < -0.3 is 11.1 Å². The van der Waals surface area contributed by atoms with Crippen molar-refractivity contribution in [1.29, 1.82) is 0 Å². The predicted molar refractivity (Wildman–Crippen MR) is 87.2 cm³/mol.